The maximum atomic E-state index is 12.8. The van der Waals surface area contributed by atoms with Crippen LogP contribution >= 0.6 is 11.6 Å². The number of Topliss-reactive ketones (excluding diaryl/α,β-unsaturated/α-hetero) is 1. The molecule has 3 heterocycles. The molecule has 8 nitrogen and oxygen atoms in total. The lowest BCUT2D eigenvalue weighted by Crippen LogP contribution is -2.41. The van der Waals surface area contributed by atoms with Crippen molar-refractivity contribution in [3.8, 4) is 0 Å². The van der Waals surface area contributed by atoms with E-state index in [2.05, 4.69) is 19.9 Å². The van der Waals surface area contributed by atoms with Crippen molar-refractivity contribution >= 4 is 29.1 Å². The molecule has 0 radical (unpaired) electrons. The quantitative estimate of drug-likeness (QED) is 0.530. The highest BCUT2D eigenvalue weighted by Crippen LogP contribution is 2.27. The van der Waals surface area contributed by atoms with Crippen LogP contribution in [0.2, 0.25) is 5.15 Å². The van der Waals surface area contributed by atoms with Crippen molar-refractivity contribution in [2.24, 2.45) is 11.8 Å². The van der Waals surface area contributed by atoms with E-state index in [1.165, 1.54) is 18.6 Å². The SMILES string of the molecule is Cc1nc(N)c(CCC2CCN(C(=O)[C@H](C)CC(=O)c3cnccn3)CC2)c(Cl)n1. The maximum absolute atomic E-state index is 12.8. The molecule has 2 aromatic heterocycles. The third-order valence-corrected chi connectivity index (χ3v) is 5.90. The van der Waals surface area contributed by atoms with Gasteiger partial charge in [-0.1, -0.05) is 18.5 Å². The molecule has 1 atom stereocenters. The smallest absolute Gasteiger partial charge is 0.225 e. The third-order valence-electron chi connectivity index (χ3n) is 5.59. The highest BCUT2D eigenvalue weighted by atomic mass is 35.5. The zero-order chi connectivity index (χ0) is 21.7. The van der Waals surface area contributed by atoms with Gasteiger partial charge in [-0.2, -0.15) is 0 Å². The van der Waals surface area contributed by atoms with E-state index in [1.54, 1.807) is 13.8 Å². The molecule has 2 aromatic rings. The molecule has 0 saturated carbocycles. The molecule has 1 aliphatic rings. The van der Waals surface area contributed by atoms with Crippen LogP contribution in [0.3, 0.4) is 0 Å². The summed E-state index contributed by atoms with van der Waals surface area (Å²) in [4.78, 5) is 43.2. The van der Waals surface area contributed by atoms with Gasteiger partial charge in [-0.15, -0.1) is 0 Å². The summed E-state index contributed by atoms with van der Waals surface area (Å²) in [7, 11) is 0. The normalized spacial score (nSPS) is 15.8. The molecule has 9 heteroatoms. The van der Waals surface area contributed by atoms with Crippen molar-refractivity contribution in [3.05, 3.63) is 40.8 Å². The number of nitrogen functional groups attached to an aromatic ring is 1. The van der Waals surface area contributed by atoms with E-state index in [9.17, 15) is 9.59 Å². The number of piperidine rings is 1. The van der Waals surface area contributed by atoms with Crippen LogP contribution in [0, 0.1) is 18.8 Å². The molecule has 0 bridgehead atoms. The standard InChI is InChI=1S/C21H27ClN6O2/c1-13(11-18(29)17-12-24-7-8-25-17)21(30)28-9-5-15(6-10-28)3-4-16-19(22)26-14(2)27-20(16)23/h7-8,12-13,15H,3-6,9-11H2,1-2H3,(H2,23,26,27)/t13-/m1/s1. The first-order valence-corrected chi connectivity index (χ1v) is 10.6. The maximum Gasteiger partial charge on any atom is 0.225 e. The average Bonchev–Trinajstić information content (AvgIpc) is 2.73. The number of aromatic nitrogens is 4. The van der Waals surface area contributed by atoms with Gasteiger partial charge in [-0.25, -0.2) is 15.0 Å². The summed E-state index contributed by atoms with van der Waals surface area (Å²) in [6.45, 7) is 4.95. The van der Waals surface area contributed by atoms with Gasteiger partial charge < -0.3 is 10.6 Å². The summed E-state index contributed by atoms with van der Waals surface area (Å²) in [6.07, 6.45) is 8.07. The minimum absolute atomic E-state index is 0.0184. The van der Waals surface area contributed by atoms with Crippen LogP contribution < -0.4 is 5.73 Å². The lowest BCUT2D eigenvalue weighted by Gasteiger charge is -2.33. The zero-order valence-electron chi connectivity index (χ0n) is 17.3. The first-order chi connectivity index (χ1) is 14.3. The van der Waals surface area contributed by atoms with Gasteiger partial charge in [0.25, 0.3) is 0 Å². The number of hydrogen-bond donors (Lipinski definition) is 1. The molecule has 1 aliphatic heterocycles. The van der Waals surface area contributed by atoms with Gasteiger partial charge in [0, 0.05) is 43.4 Å². The van der Waals surface area contributed by atoms with Crippen molar-refractivity contribution < 1.29 is 9.59 Å². The van der Waals surface area contributed by atoms with Gasteiger partial charge in [0.1, 0.15) is 22.5 Å². The molecule has 1 saturated heterocycles. The second-order valence-corrected chi connectivity index (χ2v) is 8.21. The van der Waals surface area contributed by atoms with E-state index in [0.717, 1.165) is 31.2 Å². The molecule has 160 valence electrons. The third kappa shape index (κ3) is 5.50. The Morgan fingerprint density at radius 1 is 1.27 bits per heavy atom. The van der Waals surface area contributed by atoms with Gasteiger partial charge in [0.2, 0.25) is 5.91 Å². The van der Waals surface area contributed by atoms with Crippen molar-refractivity contribution in [1.29, 1.82) is 0 Å². The number of likely N-dealkylation sites (tertiary alicyclic amines) is 1. The summed E-state index contributed by atoms with van der Waals surface area (Å²) in [5, 5.41) is 0.425. The second kappa shape index (κ2) is 9.93. The van der Waals surface area contributed by atoms with Gasteiger partial charge >= 0.3 is 0 Å². The Balaban J connectivity index is 1.47. The first-order valence-electron chi connectivity index (χ1n) is 10.2. The van der Waals surface area contributed by atoms with Crippen LogP contribution in [-0.2, 0) is 11.2 Å². The van der Waals surface area contributed by atoms with Crippen LogP contribution in [0.4, 0.5) is 5.82 Å². The number of nitrogens with zero attached hydrogens (tertiary/aromatic N) is 5. The minimum Gasteiger partial charge on any atom is -0.383 e. The van der Waals surface area contributed by atoms with Crippen LogP contribution in [0.1, 0.15) is 54.5 Å². The molecule has 30 heavy (non-hydrogen) atoms. The lowest BCUT2D eigenvalue weighted by atomic mass is 9.90. The highest BCUT2D eigenvalue weighted by Gasteiger charge is 2.28. The van der Waals surface area contributed by atoms with E-state index in [1.807, 2.05) is 4.90 Å². The van der Waals surface area contributed by atoms with Crippen molar-refractivity contribution in [1.82, 2.24) is 24.8 Å². The number of rotatable bonds is 7. The number of carbonyl (C=O) groups excluding carboxylic acids is 2. The van der Waals surface area contributed by atoms with Crippen molar-refractivity contribution in [3.63, 3.8) is 0 Å². The van der Waals surface area contributed by atoms with E-state index >= 15 is 0 Å². The van der Waals surface area contributed by atoms with Crippen LogP contribution in [0.15, 0.2) is 18.6 Å². The van der Waals surface area contributed by atoms with Gasteiger partial charge in [0.15, 0.2) is 5.78 Å². The topological polar surface area (TPSA) is 115 Å². The van der Waals surface area contributed by atoms with E-state index in [-0.39, 0.29) is 24.0 Å². The lowest BCUT2D eigenvalue weighted by molar-refractivity contribution is -0.136. The van der Waals surface area contributed by atoms with E-state index in [4.69, 9.17) is 17.3 Å². The predicted octanol–water partition coefficient (Wildman–Crippen LogP) is 2.89. The number of anilines is 1. The second-order valence-electron chi connectivity index (χ2n) is 7.85. The fraction of sp³-hybridized carbons (Fsp3) is 0.524. The Hall–Kier alpha value is -2.61. The number of halogens is 1. The predicted molar refractivity (Wildman–Crippen MR) is 114 cm³/mol. The average molecular weight is 431 g/mol. The Kier molecular flexibility index (Phi) is 7.31. The van der Waals surface area contributed by atoms with Gasteiger partial charge in [-0.05, 0) is 38.5 Å². The zero-order valence-corrected chi connectivity index (χ0v) is 18.1. The Morgan fingerprint density at radius 2 is 2.00 bits per heavy atom. The number of amides is 1. The Labute approximate surface area is 181 Å². The number of aryl methyl sites for hydroxylation is 1. The molecule has 1 amide bonds. The summed E-state index contributed by atoms with van der Waals surface area (Å²) < 4.78 is 0. The van der Waals surface area contributed by atoms with Crippen LogP contribution in [0.5, 0.6) is 0 Å². The fourth-order valence-corrected chi connectivity index (χ4v) is 4.14. The molecule has 0 unspecified atom stereocenters. The molecule has 3 rings (SSSR count). The molecular formula is C21H27ClN6O2. The minimum atomic E-state index is -0.376. The summed E-state index contributed by atoms with van der Waals surface area (Å²) in [5.41, 5.74) is 7.09. The van der Waals surface area contributed by atoms with Crippen LogP contribution in [0.25, 0.3) is 0 Å². The van der Waals surface area contributed by atoms with E-state index in [0.29, 0.717) is 41.5 Å². The molecule has 2 N–H and O–H groups in total. The molecule has 0 spiro atoms. The number of ketones is 1. The molecule has 1 fully saturated rings. The van der Waals surface area contributed by atoms with Crippen LogP contribution in [-0.4, -0.2) is 49.6 Å². The first kappa shape index (κ1) is 22.1. The Bertz CT molecular complexity index is 877. The van der Waals surface area contributed by atoms with Gasteiger partial charge in [0.05, 0.1) is 6.20 Å². The summed E-state index contributed by atoms with van der Waals surface area (Å²) >= 11 is 6.22. The highest BCUT2D eigenvalue weighted by molar-refractivity contribution is 6.30. The van der Waals surface area contributed by atoms with E-state index < -0.39 is 0 Å². The van der Waals surface area contributed by atoms with Crippen molar-refractivity contribution in [2.75, 3.05) is 18.8 Å². The number of hydrogen-bond acceptors (Lipinski definition) is 7. The molecular weight excluding hydrogens is 404 g/mol. The molecule has 0 aromatic carbocycles. The molecule has 0 aliphatic carbocycles. The van der Waals surface area contributed by atoms with Gasteiger partial charge in [-0.3, -0.25) is 14.6 Å². The number of nitrogens with two attached hydrogens (primary N) is 1. The fourth-order valence-electron chi connectivity index (χ4n) is 3.83. The van der Waals surface area contributed by atoms with Crippen molar-refractivity contribution in [2.45, 2.75) is 46.0 Å². The monoisotopic (exact) mass is 430 g/mol. The summed E-state index contributed by atoms with van der Waals surface area (Å²) in [6, 6.07) is 0. The largest absolute Gasteiger partial charge is 0.383 e. The summed E-state index contributed by atoms with van der Waals surface area (Å²) in [5.74, 6) is 0.988. The Morgan fingerprint density at radius 3 is 2.63 bits per heavy atom. The number of carbonyl (C=O) groups is 2.